The van der Waals surface area contributed by atoms with E-state index in [1.807, 2.05) is 0 Å². The van der Waals surface area contributed by atoms with E-state index in [2.05, 4.69) is 81.5 Å². The highest BCUT2D eigenvalue weighted by molar-refractivity contribution is 5.71. The third kappa shape index (κ3) is 59.9. The van der Waals surface area contributed by atoms with Crippen LogP contribution in [0.5, 0.6) is 0 Å². The summed E-state index contributed by atoms with van der Waals surface area (Å²) >= 11 is 0. The SMILES string of the molecule is CCCCC/C=C\C/C=C\CCCCCCCCCC(=O)OC(COC(=O)CCCCCCCC/C=C\C/C=C\C/C=C\CCCCCCC)COC(=O)CCCCCCCCCCCCCCCCCCC. The summed E-state index contributed by atoms with van der Waals surface area (Å²) in [5.41, 5.74) is 0. The standard InChI is InChI=1S/C67H120O6/c1-4-7-10-13-16-19-22-25-28-31-32-33-34-37-39-42-45-48-51-54-57-60-66(69)72-63-64(73-67(70)61-58-55-52-49-46-43-40-36-30-27-24-21-18-15-12-9-6-3)62-71-65(68)59-56-53-50-47-44-41-38-35-29-26-23-20-17-14-11-8-5-2/h18,21-22,25,27,30-32,34,37,64H,4-17,19-20,23-24,26,28-29,33,35-36,38-63H2,1-3H3/b21-18-,25-22-,30-27-,32-31-,37-34-. The molecule has 0 aliphatic rings. The molecule has 0 aromatic carbocycles. The van der Waals surface area contributed by atoms with Crippen LogP contribution in [0, 0.1) is 0 Å². The van der Waals surface area contributed by atoms with Gasteiger partial charge >= 0.3 is 17.9 Å². The highest BCUT2D eigenvalue weighted by atomic mass is 16.6. The zero-order chi connectivity index (χ0) is 52.9. The van der Waals surface area contributed by atoms with Crippen LogP contribution in [0.2, 0.25) is 0 Å². The van der Waals surface area contributed by atoms with Crippen LogP contribution in [0.1, 0.15) is 329 Å². The fourth-order valence-electron chi connectivity index (χ4n) is 9.19. The van der Waals surface area contributed by atoms with Gasteiger partial charge in [0.25, 0.3) is 0 Å². The lowest BCUT2D eigenvalue weighted by Gasteiger charge is -2.18. The topological polar surface area (TPSA) is 78.9 Å². The van der Waals surface area contributed by atoms with Gasteiger partial charge in [-0.1, -0.05) is 281 Å². The monoisotopic (exact) mass is 1020 g/mol. The number of hydrogen-bond acceptors (Lipinski definition) is 6. The summed E-state index contributed by atoms with van der Waals surface area (Å²) in [6.07, 6.45) is 77.8. The Hall–Kier alpha value is -2.89. The average molecular weight is 1020 g/mol. The molecule has 0 fully saturated rings. The van der Waals surface area contributed by atoms with Gasteiger partial charge in [-0.2, -0.15) is 0 Å². The van der Waals surface area contributed by atoms with Gasteiger partial charge in [-0.15, -0.1) is 0 Å². The van der Waals surface area contributed by atoms with Crippen LogP contribution in [0.3, 0.4) is 0 Å². The maximum Gasteiger partial charge on any atom is 0.306 e. The molecule has 0 spiro atoms. The lowest BCUT2D eigenvalue weighted by Crippen LogP contribution is -2.30. The molecule has 0 aliphatic heterocycles. The molecule has 0 saturated carbocycles. The Labute approximate surface area is 453 Å². The number of unbranched alkanes of at least 4 members (excludes halogenated alkanes) is 37. The molecule has 424 valence electrons. The van der Waals surface area contributed by atoms with Crippen molar-refractivity contribution in [3.05, 3.63) is 60.8 Å². The van der Waals surface area contributed by atoms with Crippen molar-refractivity contribution in [1.82, 2.24) is 0 Å². The second kappa shape index (κ2) is 61.7. The number of carbonyl (C=O) groups is 3. The molecule has 1 unspecified atom stereocenters. The molecule has 0 amide bonds. The normalized spacial score (nSPS) is 12.4. The summed E-state index contributed by atoms with van der Waals surface area (Å²) in [6, 6.07) is 0. The molecule has 6 heteroatoms. The quantitative estimate of drug-likeness (QED) is 0.0261. The minimum Gasteiger partial charge on any atom is -0.462 e. The molecule has 0 heterocycles. The van der Waals surface area contributed by atoms with E-state index >= 15 is 0 Å². The van der Waals surface area contributed by atoms with Gasteiger partial charge in [-0.05, 0) is 89.9 Å². The largest absolute Gasteiger partial charge is 0.462 e. The number of esters is 3. The summed E-state index contributed by atoms with van der Waals surface area (Å²) in [5, 5.41) is 0. The van der Waals surface area contributed by atoms with Crippen molar-refractivity contribution in [3.63, 3.8) is 0 Å². The fourth-order valence-corrected chi connectivity index (χ4v) is 9.19. The van der Waals surface area contributed by atoms with Gasteiger partial charge in [0.2, 0.25) is 0 Å². The zero-order valence-electron chi connectivity index (χ0n) is 48.7. The van der Waals surface area contributed by atoms with Crippen molar-refractivity contribution in [1.29, 1.82) is 0 Å². The minimum atomic E-state index is -0.784. The molecule has 0 aromatic heterocycles. The summed E-state index contributed by atoms with van der Waals surface area (Å²) in [7, 11) is 0. The Kier molecular flexibility index (Phi) is 59.2. The molecule has 0 bridgehead atoms. The number of ether oxygens (including phenoxy) is 3. The van der Waals surface area contributed by atoms with E-state index in [4.69, 9.17) is 14.2 Å². The van der Waals surface area contributed by atoms with Crippen LogP contribution in [-0.4, -0.2) is 37.2 Å². The first-order valence-electron chi connectivity index (χ1n) is 31.8. The van der Waals surface area contributed by atoms with Crippen molar-refractivity contribution in [2.45, 2.75) is 335 Å². The predicted molar refractivity (Wildman–Crippen MR) is 316 cm³/mol. The second-order valence-electron chi connectivity index (χ2n) is 21.3. The highest BCUT2D eigenvalue weighted by Crippen LogP contribution is 2.17. The maximum absolute atomic E-state index is 12.9. The fraction of sp³-hybridized carbons (Fsp3) is 0.806. The lowest BCUT2D eigenvalue weighted by atomic mass is 10.0. The molecule has 1 atom stereocenters. The zero-order valence-corrected chi connectivity index (χ0v) is 48.7. The van der Waals surface area contributed by atoms with E-state index in [0.29, 0.717) is 19.3 Å². The molecule has 0 rings (SSSR count). The molecule has 0 aromatic rings. The average Bonchev–Trinajstić information content (AvgIpc) is 3.39. The Balaban J connectivity index is 4.38. The minimum absolute atomic E-state index is 0.0788. The summed E-state index contributed by atoms with van der Waals surface area (Å²) in [5.74, 6) is -0.882. The van der Waals surface area contributed by atoms with Gasteiger partial charge in [0.05, 0.1) is 0 Å². The van der Waals surface area contributed by atoms with Crippen molar-refractivity contribution in [2.24, 2.45) is 0 Å². The molecule has 73 heavy (non-hydrogen) atoms. The molecule has 0 N–H and O–H groups in total. The van der Waals surface area contributed by atoms with Crippen molar-refractivity contribution >= 4 is 17.9 Å². The van der Waals surface area contributed by atoms with Crippen molar-refractivity contribution in [3.8, 4) is 0 Å². The number of hydrogen-bond donors (Lipinski definition) is 0. The maximum atomic E-state index is 12.9. The van der Waals surface area contributed by atoms with Crippen LogP contribution >= 0.6 is 0 Å². The van der Waals surface area contributed by atoms with Crippen molar-refractivity contribution < 1.29 is 28.6 Å². The molecule has 0 radical (unpaired) electrons. The van der Waals surface area contributed by atoms with Gasteiger partial charge in [0.1, 0.15) is 13.2 Å². The Morgan fingerprint density at radius 2 is 0.493 bits per heavy atom. The molecule has 0 saturated heterocycles. The summed E-state index contributed by atoms with van der Waals surface area (Å²) < 4.78 is 16.9. The number of rotatable bonds is 58. The van der Waals surface area contributed by atoms with Crippen LogP contribution in [0.25, 0.3) is 0 Å². The van der Waals surface area contributed by atoms with Gasteiger partial charge in [0.15, 0.2) is 6.10 Å². The summed E-state index contributed by atoms with van der Waals surface area (Å²) in [4.78, 5) is 38.3. The second-order valence-corrected chi connectivity index (χ2v) is 21.3. The number of allylic oxidation sites excluding steroid dienone is 10. The van der Waals surface area contributed by atoms with E-state index in [1.54, 1.807) is 0 Å². The highest BCUT2D eigenvalue weighted by Gasteiger charge is 2.19. The van der Waals surface area contributed by atoms with Gasteiger partial charge in [-0.25, -0.2) is 0 Å². The Bertz CT molecular complexity index is 1310. The van der Waals surface area contributed by atoms with E-state index in [9.17, 15) is 14.4 Å². The predicted octanol–water partition coefficient (Wildman–Crippen LogP) is 21.6. The molecular weight excluding hydrogens is 901 g/mol. The Morgan fingerprint density at radius 1 is 0.274 bits per heavy atom. The van der Waals surface area contributed by atoms with E-state index < -0.39 is 6.10 Å². The van der Waals surface area contributed by atoms with Crippen LogP contribution in [0.15, 0.2) is 60.8 Å². The summed E-state index contributed by atoms with van der Waals surface area (Å²) in [6.45, 7) is 6.63. The van der Waals surface area contributed by atoms with Gasteiger partial charge in [0, 0.05) is 19.3 Å². The van der Waals surface area contributed by atoms with Crippen molar-refractivity contribution in [2.75, 3.05) is 13.2 Å². The van der Waals surface area contributed by atoms with Crippen LogP contribution in [0.4, 0.5) is 0 Å². The number of carbonyl (C=O) groups excluding carboxylic acids is 3. The van der Waals surface area contributed by atoms with E-state index in [0.717, 1.165) is 89.9 Å². The van der Waals surface area contributed by atoms with Crippen LogP contribution in [-0.2, 0) is 28.6 Å². The molecule has 6 nitrogen and oxygen atoms in total. The van der Waals surface area contributed by atoms with Crippen LogP contribution < -0.4 is 0 Å². The first-order valence-corrected chi connectivity index (χ1v) is 31.8. The van der Waals surface area contributed by atoms with E-state index in [-0.39, 0.29) is 31.1 Å². The molecular formula is C67H120O6. The third-order valence-corrected chi connectivity index (χ3v) is 14.0. The van der Waals surface area contributed by atoms with Gasteiger partial charge in [-0.3, -0.25) is 14.4 Å². The Morgan fingerprint density at radius 3 is 0.795 bits per heavy atom. The first kappa shape index (κ1) is 70.1. The van der Waals surface area contributed by atoms with E-state index in [1.165, 1.54) is 199 Å². The lowest BCUT2D eigenvalue weighted by molar-refractivity contribution is -0.167. The smallest absolute Gasteiger partial charge is 0.306 e. The molecule has 0 aliphatic carbocycles. The first-order chi connectivity index (χ1) is 36.0. The third-order valence-electron chi connectivity index (χ3n) is 14.0. The van der Waals surface area contributed by atoms with Gasteiger partial charge < -0.3 is 14.2 Å².